The Morgan fingerprint density at radius 3 is 3.00 bits per heavy atom. The number of carbonyl (C=O) groups excluding carboxylic acids is 1. The molecule has 1 heterocycles. The average molecular weight is 170 g/mol. The minimum Gasteiger partial charge on any atom is -0.465 e. The number of ether oxygens (including phenoxy) is 1. The van der Waals surface area contributed by atoms with Crippen molar-refractivity contribution in [2.75, 3.05) is 6.61 Å². The molecular formula is C10H18O2. The molecule has 0 spiro atoms. The van der Waals surface area contributed by atoms with E-state index in [2.05, 4.69) is 13.8 Å². The summed E-state index contributed by atoms with van der Waals surface area (Å²) in [5.74, 6) is 1.13. The van der Waals surface area contributed by atoms with Crippen LogP contribution in [0.5, 0.6) is 0 Å². The molecule has 1 aliphatic heterocycles. The smallest absolute Gasteiger partial charge is 0.306 e. The summed E-state index contributed by atoms with van der Waals surface area (Å²) < 4.78 is 4.96. The SMILES string of the molecule is CCCC[C@@H]1CC(=O)OC[C@H]1C. The molecule has 1 aliphatic rings. The van der Waals surface area contributed by atoms with Crippen LogP contribution in [0.1, 0.15) is 39.5 Å². The number of hydrogen-bond donors (Lipinski definition) is 0. The highest BCUT2D eigenvalue weighted by atomic mass is 16.5. The summed E-state index contributed by atoms with van der Waals surface area (Å²) in [5.41, 5.74) is 0. The number of unbranched alkanes of at least 4 members (excludes halogenated alkanes) is 1. The second-order valence-corrected chi connectivity index (χ2v) is 3.77. The summed E-state index contributed by atoms with van der Waals surface area (Å²) in [6, 6.07) is 0. The standard InChI is InChI=1S/C10H18O2/c1-3-4-5-9-6-10(11)12-7-8(9)2/h8-9H,3-7H2,1-2H3/t8-,9-/m1/s1. The Bertz CT molecular complexity index is 154. The number of esters is 1. The summed E-state index contributed by atoms with van der Waals surface area (Å²) in [7, 11) is 0. The van der Waals surface area contributed by atoms with Crippen LogP contribution in [-0.4, -0.2) is 12.6 Å². The topological polar surface area (TPSA) is 26.3 Å². The Balaban J connectivity index is 2.33. The van der Waals surface area contributed by atoms with E-state index in [9.17, 15) is 4.79 Å². The normalized spacial score (nSPS) is 30.0. The van der Waals surface area contributed by atoms with Crippen molar-refractivity contribution >= 4 is 5.97 Å². The van der Waals surface area contributed by atoms with Gasteiger partial charge in [-0.25, -0.2) is 0 Å². The monoisotopic (exact) mass is 170 g/mol. The quantitative estimate of drug-likeness (QED) is 0.608. The first-order valence-electron chi connectivity index (χ1n) is 4.89. The van der Waals surface area contributed by atoms with Gasteiger partial charge in [0.05, 0.1) is 6.61 Å². The minimum atomic E-state index is -0.00537. The third kappa shape index (κ3) is 2.50. The van der Waals surface area contributed by atoms with Gasteiger partial charge in [-0.1, -0.05) is 26.7 Å². The van der Waals surface area contributed by atoms with E-state index >= 15 is 0 Å². The molecule has 0 aromatic rings. The third-order valence-corrected chi connectivity index (χ3v) is 2.67. The summed E-state index contributed by atoms with van der Waals surface area (Å²) in [6.07, 6.45) is 4.29. The summed E-state index contributed by atoms with van der Waals surface area (Å²) in [4.78, 5) is 11.0. The van der Waals surface area contributed by atoms with Gasteiger partial charge < -0.3 is 4.74 Å². The fourth-order valence-corrected chi connectivity index (χ4v) is 1.69. The van der Waals surface area contributed by atoms with Crippen LogP contribution in [0.15, 0.2) is 0 Å². The van der Waals surface area contributed by atoms with Crippen molar-refractivity contribution in [2.45, 2.75) is 39.5 Å². The van der Waals surface area contributed by atoms with Crippen LogP contribution in [0.2, 0.25) is 0 Å². The van der Waals surface area contributed by atoms with Crippen molar-refractivity contribution in [3.63, 3.8) is 0 Å². The van der Waals surface area contributed by atoms with Gasteiger partial charge in [0.2, 0.25) is 0 Å². The molecule has 0 aromatic carbocycles. The van der Waals surface area contributed by atoms with Crippen molar-refractivity contribution in [3.8, 4) is 0 Å². The van der Waals surface area contributed by atoms with Crippen LogP contribution in [0.4, 0.5) is 0 Å². The Morgan fingerprint density at radius 1 is 1.58 bits per heavy atom. The highest BCUT2D eigenvalue weighted by Gasteiger charge is 2.26. The zero-order chi connectivity index (χ0) is 8.97. The molecule has 2 atom stereocenters. The summed E-state index contributed by atoms with van der Waals surface area (Å²) in [5, 5.41) is 0. The van der Waals surface area contributed by atoms with Gasteiger partial charge in [-0.05, 0) is 18.3 Å². The van der Waals surface area contributed by atoms with E-state index < -0.39 is 0 Å². The molecule has 70 valence electrons. The molecule has 2 heteroatoms. The maximum absolute atomic E-state index is 11.0. The molecule has 0 radical (unpaired) electrons. The summed E-state index contributed by atoms with van der Waals surface area (Å²) >= 11 is 0. The van der Waals surface area contributed by atoms with Gasteiger partial charge in [0.25, 0.3) is 0 Å². The van der Waals surface area contributed by atoms with Crippen molar-refractivity contribution in [2.24, 2.45) is 11.8 Å². The van der Waals surface area contributed by atoms with Crippen LogP contribution in [0.3, 0.4) is 0 Å². The van der Waals surface area contributed by atoms with E-state index in [1.165, 1.54) is 19.3 Å². The first-order chi connectivity index (χ1) is 5.74. The number of hydrogen-bond acceptors (Lipinski definition) is 2. The lowest BCUT2D eigenvalue weighted by molar-refractivity contribution is -0.152. The van der Waals surface area contributed by atoms with Gasteiger partial charge in [-0.15, -0.1) is 0 Å². The maximum atomic E-state index is 11.0. The van der Waals surface area contributed by atoms with Crippen LogP contribution in [-0.2, 0) is 9.53 Å². The zero-order valence-corrected chi connectivity index (χ0v) is 8.01. The predicted octanol–water partition coefficient (Wildman–Crippen LogP) is 2.38. The molecule has 1 fully saturated rings. The number of carbonyl (C=O) groups is 1. The van der Waals surface area contributed by atoms with Gasteiger partial charge in [0.15, 0.2) is 0 Å². The van der Waals surface area contributed by atoms with Gasteiger partial charge in [-0.3, -0.25) is 4.79 Å². The highest BCUT2D eigenvalue weighted by molar-refractivity contribution is 5.70. The molecule has 0 unspecified atom stereocenters. The molecule has 1 saturated heterocycles. The van der Waals surface area contributed by atoms with E-state index in [1.54, 1.807) is 0 Å². The first kappa shape index (κ1) is 9.56. The minimum absolute atomic E-state index is 0.00537. The molecular weight excluding hydrogens is 152 g/mol. The van der Waals surface area contributed by atoms with Crippen LogP contribution >= 0.6 is 0 Å². The van der Waals surface area contributed by atoms with Crippen LogP contribution < -0.4 is 0 Å². The van der Waals surface area contributed by atoms with Crippen molar-refractivity contribution < 1.29 is 9.53 Å². The third-order valence-electron chi connectivity index (χ3n) is 2.67. The van der Waals surface area contributed by atoms with Crippen LogP contribution in [0.25, 0.3) is 0 Å². The Kier molecular flexibility index (Phi) is 3.57. The van der Waals surface area contributed by atoms with Gasteiger partial charge in [0, 0.05) is 6.42 Å². The van der Waals surface area contributed by atoms with E-state index in [0.29, 0.717) is 24.9 Å². The zero-order valence-electron chi connectivity index (χ0n) is 8.01. The molecule has 12 heavy (non-hydrogen) atoms. The highest BCUT2D eigenvalue weighted by Crippen LogP contribution is 2.26. The number of rotatable bonds is 3. The molecule has 0 N–H and O–H groups in total. The predicted molar refractivity (Wildman–Crippen MR) is 47.8 cm³/mol. The lowest BCUT2D eigenvalue weighted by Crippen LogP contribution is -2.28. The Labute approximate surface area is 74.3 Å². The molecule has 0 amide bonds. The van der Waals surface area contributed by atoms with Crippen LogP contribution in [0, 0.1) is 11.8 Å². The van der Waals surface area contributed by atoms with E-state index in [4.69, 9.17) is 4.74 Å². The van der Waals surface area contributed by atoms with Crippen molar-refractivity contribution in [1.82, 2.24) is 0 Å². The van der Waals surface area contributed by atoms with E-state index in [1.807, 2.05) is 0 Å². The van der Waals surface area contributed by atoms with E-state index in [-0.39, 0.29) is 5.97 Å². The van der Waals surface area contributed by atoms with Gasteiger partial charge in [-0.2, -0.15) is 0 Å². The van der Waals surface area contributed by atoms with Gasteiger partial charge >= 0.3 is 5.97 Å². The Morgan fingerprint density at radius 2 is 2.33 bits per heavy atom. The van der Waals surface area contributed by atoms with Gasteiger partial charge in [0.1, 0.15) is 0 Å². The molecule has 0 saturated carbocycles. The number of cyclic esters (lactones) is 1. The maximum Gasteiger partial charge on any atom is 0.306 e. The second-order valence-electron chi connectivity index (χ2n) is 3.77. The fourth-order valence-electron chi connectivity index (χ4n) is 1.69. The lowest BCUT2D eigenvalue weighted by atomic mass is 9.85. The lowest BCUT2D eigenvalue weighted by Gasteiger charge is -2.27. The molecule has 2 nitrogen and oxygen atoms in total. The average Bonchev–Trinajstić information content (AvgIpc) is 2.07. The molecule has 1 rings (SSSR count). The fraction of sp³-hybridized carbons (Fsp3) is 0.900. The van der Waals surface area contributed by atoms with Crippen molar-refractivity contribution in [1.29, 1.82) is 0 Å². The Hall–Kier alpha value is -0.530. The molecule has 0 bridgehead atoms. The van der Waals surface area contributed by atoms with Crippen molar-refractivity contribution in [3.05, 3.63) is 0 Å². The second kappa shape index (κ2) is 4.48. The molecule has 0 aromatic heterocycles. The summed E-state index contributed by atoms with van der Waals surface area (Å²) in [6.45, 7) is 4.99. The first-order valence-corrected chi connectivity index (χ1v) is 4.89. The molecule has 0 aliphatic carbocycles. The van der Waals surface area contributed by atoms with E-state index in [0.717, 1.165) is 0 Å². The largest absolute Gasteiger partial charge is 0.465 e.